The average Bonchev–Trinajstić information content (AvgIpc) is 2.57. The Hall–Kier alpha value is -2.88. The third kappa shape index (κ3) is 4.39. The molecule has 0 atom stereocenters. The molecule has 132 valence electrons. The number of nitrogens with one attached hydrogen (secondary N) is 1. The number of nitro groups is 1. The van der Waals surface area contributed by atoms with Gasteiger partial charge in [-0.25, -0.2) is 0 Å². The highest BCUT2D eigenvalue weighted by atomic mass is 35.5. The molecular formula is C18H13Cl2N3O3. The van der Waals surface area contributed by atoms with Gasteiger partial charge in [0.15, 0.2) is 0 Å². The summed E-state index contributed by atoms with van der Waals surface area (Å²) in [6.45, 7) is 3.70. The lowest BCUT2D eigenvalue weighted by atomic mass is 10.1. The van der Waals surface area contributed by atoms with Crippen LogP contribution in [0.15, 0.2) is 35.9 Å². The van der Waals surface area contributed by atoms with Crippen LogP contribution in [0.25, 0.3) is 6.08 Å². The Morgan fingerprint density at radius 3 is 2.54 bits per heavy atom. The Labute approximate surface area is 159 Å². The molecule has 0 unspecified atom stereocenters. The number of nitro benzene ring substituents is 1. The average molecular weight is 390 g/mol. The molecule has 0 heterocycles. The summed E-state index contributed by atoms with van der Waals surface area (Å²) in [5.41, 5.74) is 1.89. The summed E-state index contributed by atoms with van der Waals surface area (Å²) in [5, 5.41) is 22.9. The molecule has 2 aromatic carbocycles. The first-order valence-electron chi connectivity index (χ1n) is 7.36. The lowest BCUT2D eigenvalue weighted by molar-refractivity contribution is -0.384. The Morgan fingerprint density at radius 2 is 1.92 bits per heavy atom. The molecule has 6 nitrogen and oxygen atoms in total. The number of carbonyl (C=O) groups is 1. The molecule has 1 amide bonds. The first kappa shape index (κ1) is 19.4. The van der Waals surface area contributed by atoms with Crippen LogP contribution in [0, 0.1) is 35.3 Å². The van der Waals surface area contributed by atoms with E-state index in [2.05, 4.69) is 5.32 Å². The number of hydrogen-bond acceptors (Lipinski definition) is 4. The Kier molecular flexibility index (Phi) is 5.98. The summed E-state index contributed by atoms with van der Waals surface area (Å²) in [5.74, 6) is -0.644. The van der Waals surface area contributed by atoms with Crippen molar-refractivity contribution in [1.82, 2.24) is 0 Å². The van der Waals surface area contributed by atoms with Gasteiger partial charge in [-0.15, -0.1) is 0 Å². The highest BCUT2D eigenvalue weighted by molar-refractivity contribution is 6.37. The minimum Gasteiger partial charge on any atom is -0.321 e. The SMILES string of the molecule is Cc1ccc(C)c(NC(=O)/C(C#N)=C\c2cc([N+](=O)[O-])c(Cl)cc2Cl)c1. The quantitative estimate of drug-likeness (QED) is 0.341. The summed E-state index contributed by atoms with van der Waals surface area (Å²) in [6.07, 6.45) is 1.19. The minimum atomic E-state index is -0.668. The number of nitriles is 1. The van der Waals surface area contributed by atoms with E-state index >= 15 is 0 Å². The van der Waals surface area contributed by atoms with Crippen molar-refractivity contribution in [1.29, 1.82) is 5.26 Å². The molecule has 0 saturated heterocycles. The molecule has 0 aromatic heterocycles. The van der Waals surface area contributed by atoms with Crippen molar-refractivity contribution in [2.45, 2.75) is 13.8 Å². The lowest BCUT2D eigenvalue weighted by Crippen LogP contribution is -2.14. The van der Waals surface area contributed by atoms with Crippen molar-refractivity contribution in [3.63, 3.8) is 0 Å². The van der Waals surface area contributed by atoms with Gasteiger partial charge < -0.3 is 5.32 Å². The van der Waals surface area contributed by atoms with Crippen LogP contribution in [0.5, 0.6) is 0 Å². The monoisotopic (exact) mass is 389 g/mol. The smallest absolute Gasteiger partial charge is 0.288 e. The number of aryl methyl sites for hydroxylation is 2. The van der Waals surface area contributed by atoms with Gasteiger partial charge in [0.05, 0.1) is 4.92 Å². The van der Waals surface area contributed by atoms with Crippen molar-refractivity contribution in [2.24, 2.45) is 0 Å². The van der Waals surface area contributed by atoms with E-state index in [1.807, 2.05) is 26.0 Å². The summed E-state index contributed by atoms with van der Waals surface area (Å²) >= 11 is 11.8. The van der Waals surface area contributed by atoms with Crippen LogP contribution in [-0.2, 0) is 4.79 Å². The zero-order valence-electron chi connectivity index (χ0n) is 13.8. The first-order valence-corrected chi connectivity index (χ1v) is 8.12. The normalized spacial score (nSPS) is 11.0. The standard InChI is InChI=1S/C18H13Cl2N3O3/c1-10-3-4-11(2)16(5-10)22-18(24)13(9-21)6-12-7-17(23(25)26)15(20)8-14(12)19/h3-8H,1-2H3,(H,22,24)/b13-6-. The van der Waals surface area contributed by atoms with Gasteiger partial charge in [-0.3, -0.25) is 14.9 Å². The van der Waals surface area contributed by atoms with Crippen molar-refractivity contribution < 1.29 is 9.72 Å². The molecule has 0 aliphatic heterocycles. The number of rotatable bonds is 4. The zero-order chi connectivity index (χ0) is 19.4. The molecule has 0 aliphatic rings. The Balaban J connectivity index is 2.40. The predicted octanol–water partition coefficient (Wildman–Crippen LogP) is 5.06. The van der Waals surface area contributed by atoms with Crippen LogP contribution in [0.2, 0.25) is 10.0 Å². The number of benzene rings is 2. The molecule has 2 aromatic rings. The van der Waals surface area contributed by atoms with E-state index < -0.39 is 10.8 Å². The number of anilines is 1. The van der Waals surface area contributed by atoms with E-state index in [9.17, 15) is 20.2 Å². The topological polar surface area (TPSA) is 96.0 Å². The molecule has 0 spiro atoms. The van der Waals surface area contributed by atoms with Crippen LogP contribution < -0.4 is 5.32 Å². The summed E-state index contributed by atoms with van der Waals surface area (Å²) in [4.78, 5) is 22.7. The van der Waals surface area contributed by atoms with E-state index in [0.717, 1.165) is 17.2 Å². The van der Waals surface area contributed by atoms with Gasteiger partial charge in [-0.05, 0) is 43.2 Å². The maximum absolute atomic E-state index is 12.4. The molecule has 26 heavy (non-hydrogen) atoms. The van der Waals surface area contributed by atoms with Gasteiger partial charge in [0.25, 0.3) is 11.6 Å². The molecular weight excluding hydrogens is 377 g/mol. The number of nitrogens with zero attached hydrogens (tertiary/aromatic N) is 2. The van der Waals surface area contributed by atoms with Gasteiger partial charge in [0, 0.05) is 22.3 Å². The molecule has 0 radical (unpaired) electrons. The zero-order valence-corrected chi connectivity index (χ0v) is 15.4. The number of carbonyl (C=O) groups excluding carboxylic acids is 1. The van der Waals surface area contributed by atoms with Crippen molar-refractivity contribution in [2.75, 3.05) is 5.32 Å². The van der Waals surface area contributed by atoms with Crippen LogP contribution in [0.4, 0.5) is 11.4 Å². The van der Waals surface area contributed by atoms with Crippen LogP contribution in [0.1, 0.15) is 16.7 Å². The molecule has 1 N–H and O–H groups in total. The van der Waals surface area contributed by atoms with Crippen molar-refractivity contribution >= 4 is 46.6 Å². The number of amides is 1. The van der Waals surface area contributed by atoms with Crippen LogP contribution in [-0.4, -0.2) is 10.8 Å². The number of halogens is 2. The van der Waals surface area contributed by atoms with Gasteiger partial charge in [-0.2, -0.15) is 5.26 Å². The Morgan fingerprint density at radius 1 is 1.23 bits per heavy atom. The second-order valence-corrected chi connectivity index (χ2v) is 6.34. The van der Waals surface area contributed by atoms with Gasteiger partial charge in [0.1, 0.15) is 16.7 Å². The van der Waals surface area contributed by atoms with E-state index in [1.54, 1.807) is 12.1 Å². The second kappa shape index (κ2) is 8.00. The maximum Gasteiger partial charge on any atom is 0.288 e. The predicted molar refractivity (Wildman–Crippen MR) is 101 cm³/mol. The second-order valence-electron chi connectivity index (χ2n) is 5.52. The lowest BCUT2D eigenvalue weighted by Gasteiger charge is -2.09. The summed E-state index contributed by atoms with van der Waals surface area (Å²) in [6, 6.07) is 9.63. The van der Waals surface area contributed by atoms with Gasteiger partial charge >= 0.3 is 0 Å². The van der Waals surface area contributed by atoms with Crippen LogP contribution >= 0.6 is 23.2 Å². The minimum absolute atomic E-state index is 0.0906. The van der Waals surface area contributed by atoms with Crippen molar-refractivity contribution in [3.8, 4) is 6.07 Å². The molecule has 0 bridgehead atoms. The third-order valence-electron chi connectivity index (χ3n) is 3.57. The summed E-state index contributed by atoms with van der Waals surface area (Å²) < 4.78 is 0. The summed E-state index contributed by atoms with van der Waals surface area (Å²) in [7, 11) is 0. The first-order chi connectivity index (χ1) is 12.2. The van der Waals surface area contributed by atoms with E-state index in [-0.39, 0.29) is 26.9 Å². The van der Waals surface area contributed by atoms with Crippen LogP contribution in [0.3, 0.4) is 0 Å². The maximum atomic E-state index is 12.4. The largest absolute Gasteiger partial charge is 0.321 e. The molecule has 2 rings (SSSR count). The van der Waals surface area contributed by atoms with E-state index in [0.29, 0.717) is 5.69 Å². The fourth-order valence-electron chi connectivity index (χ4n) is 2.17. The van der Waals surface area contributed by atoms with Gasteiger partial charge in [0.2, 0.25) is 0 Å². The highest BCUT2D eigenvalue weighted by Crippen LogP contribution is 2.32. The fourth-order valence-corrected chi connectivity index (χ4v) is 2.68. The highest BCUT2D eigenvalue weighted by Gasteiger charge is 2.17. The van der Waals surface area contributed by atoms with Gasteiger partial charge in [-0.1, -0.05) is 35.3 Å². The van der Waals surface area contributed by atoms with Crippen molar-refractivity contribution in [3.05, 3.63) is 72.8 Å². The third-order valence-corrected chi connectivity index (χ3v) is 4.20. The molecule has 0 fully saturated rings. The molecule has 0 aliphatic carbocycles. The fraction of sp³-hybridized carbons (Fsp3) is 0.111. The number of hydrogen-bond donors (Lipinski definition) is 1. The van der Waals surface area contributed by atoms with E-state index in [4.69, 9.17) is 23.2 Å². The Bertz CT molecular complexity index is 978. The molecule has 8 heteroatoms. The molecule has 0 saturated carbocycles. The van der Waals surface area contributed by atoms with E-state index in [1.165, 1.54) is 12.1 Å².